The highest BCUT2D eigenvalue weighted by atomic mass is 127. The first-order valence-corrected chi connectivity index (χ1v) is 7.10. The second-order valence-corrected chi connectivity index (χ2v) is 5.31. The van der Waals surface area contributed by atoms with Crippen molar-refractivity contribution in [2.75, 3.05) is 7.05 Å². The fraction of sp³-hybridized carbons (Fsp3) is 0.692. The SMILES string of the molecule is CN=C(NCc1nccn1C(F)F)NC1CC2CCC1O2.I. The van der Waals surface area contributed by atoms with Crippen molar-refractivity contribution in [2.45, 2.75) is 50.6 Å². The average Bonchev–Trinajstić information content (AvgIpc) is 3.18. The van der Waals surface area contributed by atoms with Gasteiger partial charge in [0.1, 0.15) is 5.82 Å². The number of nitrogens with zero attached hydrogens (tertiary/aromatic N) is 3. The van der Waals surface area contributed by atoms with Crippen LogP contribution < -0.4 is 10.6 Å². The van der Waals surface area contributed by atoms with Crippen LogP contribution in [0.25, 0.3) is 0 Å². The average molecular weight is 427 g/mol. The van der Waals surface area contributed by atoms with Crippen molar-refractivity contribution < 1.29 is 13.5 Å². The van der Waals surface area contributed by atoms with Crippen LogP contribution in [0.3, 0.4) is 0 Å². The van der Waals surface area contributed by atoms with Gasteiger partial charge in [0.05, 0.1) is 24.8 Å². The van der Waals surface area contributed by atoms with Crippen LogP contribution in [0.2, 0.25) is 0 Å². The molecule has 2 aliphatic rings. The van der Waals surface area contributed by atoms with Gasteiger partial charge in [0, 0.05) is 19.4 Å². The summed E-state index contributed by atoms with van der Waals surface area (Å²) in [5, 5.41) is 6.32. The Morgan fingerprint density at radius 1 is 1.55 bits per heavy atom. The number of aromatic nitrogens is 2. The van der Waals surface area contributed by atoms with Crippen molar-refractivity contribution in [1.29, 1.82) is 0 Å². The fourth-order valence-corrected chi connectivity index (χ4v) is 2.98. The molecule has 2 fully saturated rings. The van der Waals surface area contributed by atoms with E-state index in [2.05, 4.69) is 20.6 Å². The van der Waals surface area contributed by atoms with E-state index in [0.29, 0.717) is 12.1 Å². The Balaban J connectivity index is 0.00000176. The maximum atomic E-state index is 12.7. The zero-order valence-corrected chi connectivity index (χ0v) is 14.5. The van der Waals surface area contributed by atoms with Gasteiger partial charge < -0.3 is 15.4 Å². The molecule has 0 radical (unpaired) electrons. The molecule has 124 valence electrons. The number of aliphatic imine (C=N–C) groups is 1. The molecule has 1 aromatic heterocycles. The molecule has 0 aromatic carbocycles. The van der Waals surface area contributed by atoms with Crippen molar-refractivity contribution >= 4 is 29.9 Å². The van der Waals surface area contributed by atoms with Crippen LogP contribution in [-0.4, -0.2) is 40.8 Å². The minimum Gasteiger partial charge on any atom is -0.373 e. The summed E-state index contributed by atoms with van der Waals surface area (Å²) in [7, 11) is 1.66. The highest BCUT2D eigenvalue weighted by Crippen LogP contribution is 2.34. The summed E-state index contributed by atoms with van der Waals surface area (Å²) < 4.78 is 32.1. The van der Waals surface area contributed by atoms with E-state index in [1.165, 1.54) is 12.4 Å². The number of rotatable bonds is 4. The molecule has 1 aromatic rings. The van der Waals surface area contributed by atoms with E-state index in [1.54, 1.807) is 7.05 Å². The summed E-state index contributed by atoms with van der Waals surface area (Å²) in [6.45, 7) is -2.39. The van der Waals surface area contributed by atoms with Crippen LogP contribution in [0.1, 0.15) is 31.6 Å². The standard InChI is InChI=1S/C13H19F2N5O.HI/c1-16-13(19-9-6-8-2-3-10(9)21-8)18-7-11-17-4-5-20(11)12(14)15;/h4-5,8-10,12H,2-3,6-7H2,1H3,(H2,16,18,19);1H. The van der Waals surface area contributed by atoms with Gasteiger partial charge in [-0.25, -0.2) is 4.98 Å². The minimum atomic E-state index is -2.58. The molecule has 0 aliphatic carbocycles. The third kappa shape index (κ3) is 3.67. The summed E-state index contributed by atoms with van der Waals surface area (Å²) in [5.74, 6) is 0.858. The van der Waals surface area contributed by atoms with E-state index in [-0.39, 0.29) is 48.5 Å². The van der Waals surface area contributed by atoms with Crippen LogP contribution in [0.4, 0.5) is 8.78 Å². The van der Waals surface area contributed by atoms with Crippen LogP contribution >= 0.6 is 24.0 Å². The number of hydrogen-bond donors (Lipinski definition) is 2. The van der Waals surface area contributed by atoms with Crippen molar-refractivity contribution in [3.8, 4) is 0 Å². The van der Waals surface area contributed by atoms with Crippen molar-refractivity contribution in [1.82, 2.24) is 20.2 Å². The molecule has 3 rings (SSSR count). The third-order valence-electron chi connectivity index (χ3n) is 4.02. The van der Waals surface area contributed by atoms with E-state index in [1.807, 2.05) is 0 Å². The lowest BCUT2D eigenvalue weighted by atomic mass is 9.96. The van der Waals surface area contributed by atoms with E-state index in [0.717, 1.165) is 23.8 Å². The number of ether oxygens (including phenoxy) is 1. The van der Waals surface area contributed by atoms with Gasteiger partial charge >= 0.3 is 6.55 Å². The van der Waals surface area contributed by atoms with Gasteiger partial charge in [-0.1, -0.05) is 0 Å². The predicted molar refractivity (Wildman–Crippen MR) is 88.5 cm³/mol. The van der Waals surface area contributed by atoms with Gasteiger partial charge in [-0.2, -0.15) is 8.78 Å². The normalized spacial score (nSPS) is 27.1. The van der Waals surface area contributed by atoms with E-state index >= 15 is 0 Å². The van der Waals surface area contributed by atoms with Gasteiger partial charge in [0.2, 0.25) is 0 Å². The number of halogens is 3. The lowest BCUT2D eigenvalue weighted by Gasteiger charge is -2.22. The molecule has 22 heavy (non-hydrogen) atoms. The van der Waals surface area contributed by atoms with E-state index in [9.17, 15) is 8.78 Å². The molecule has 0 amide bonds. The zero-order chi connectivity index (χ0) is 14.8. The smallest absolute Gasteiger partial charge is 0.319 e. The van der Waals surface area contributed by atoms with Crippen LogP contribution in [-0.2, 0) is 11.3 Å². The van der Waals surface area contributed by atoms with Crippen molar-refractivity contribution in [3.05, 3.63) is 18.2 Å². The molecular formula is C13H20F2IN5O. The van der Waals surface area contributed by atoms with Crippen molar-refractivity contribution in [2.24, 2.45) is 4.99 Å². The quantitative estimate of drug-likeness (QED) is 0.438. The number of guanidine groups is 1. The molecule has 2 aliphatic heterocycles. The predicted octanol–water partition coefficient (Wildman–Crippen LogP) is 1.88. The first kappa shape index (κ1) is 17.4. The topological polar surface area (TPSA) is 63.5 Å². The molecule has 3 atom stereocenters. The Morgan fingerprint density at radius 2 is 2.36 bits per heavy atom. The van der Waals surface area contributed by atoms with Crippen LogP contribution in [0.5, 0.6) is 0 Å². The number of fused-ring (bicyclic) bond motifs is 2. The summed E-state index contributed by atoms with van der Waals surface area (Å²) in [6, 6.07) is 0.241. The highest BCUT2D eigenvalue weighted by Gasteiger charge is 2.41. The van der Waals surface area contributed by atoms with Crippen molar-refractivity contribution in [3.63, 3.8) is 0 Å². The fourth-order valence-electron chi connectivity index (χ4n) is 2.98. The number of nitrogens with one attached hydrogen (secondary N) is 2. The van der Waals surface area contributed by atoms with Gasteiger partial charge in [-0.05, 0) is 19.3 Å². The number of alkyl halides is 2. The van der Waals surface area contributed by atoms with E-state index < -0.39 is 6.55 Å². The highest BCUT2D eigenvalue weighted by molar-refractivity contribution is 14.0. The maximum absolute atomic E-state index is 12.7. The second-order valence-electron chi connectivity index (χ2n) is 5.31. The Hall–Kier alpha value is -0.970. The number of imidazole rings is 1. The molecule has 0 spiro atoms. The lowest BCUT2D eigenvalue weighted by molar-refractivity contribution is 0.0668. The first-order chi connectivity index (χ1) is 10.2. The zero-order valence-electron chi connectivity index (χ0n) is 12.2. The second kappa shape index (κ2) is 7.53. The molecule has 2 saturated heterocycles. The molecule has 3 unspecified atom stereocenters. The largest absolute Gasteiger partial charge is 0.373 e. The molecule has 3 heterocycles. The Bertz CT molecular complexity index is 524. The minimum absolute atomic E-state index is 0. The Morgan fingerprint density at radius 3 is 2.95 bits per heavy atom. The summed E-state index contributed by atoms with van der Waals surface area (Å²) in [4.78, 5) is 8.05. The maximum Gasteiger partial charge on any atom is 0.319 e. The molecule has 2 N–H and O–H groups in total. The van der Waals surface area contributed by atoms with Gasteiger partial charge in [0.25, 0.3) is 0 Å². The molecule has 2 bridgehead atoms. The summed E-state index contributed by atoms with van der Waals surface area (Å²) in [5.41, 5.74) is 0. The van der Waals surface area contributed by atoms with Gasteiger partial charge in [0.15, 0.2) is 5.96 Å². The van der Waals surface area contributed by atoms with E-state index in [4.69, 9.17) is 4.74 Å². The molecule has 6 nitrogen and oxygen atoms in total. The Labute approximate surface area is 144 Å². The summed E-state index contributed by atoms with van der Waals surface area (Å²) in [6.07, 6.45) is 6.37. The summed E-state index contributed by atoms with van der Waals surface area (Å²) >= 11 is 0. The van der Waals surface area contributed by atoms with Gasteiger partial charge in [-0.3, -0.25) is 9.56 Å². The monoisotopic (exact) mass is 427 g/mol. The lowest BCUT2D eigenvalue weighted by Crippen LogP contribution is -2.47. The Kier molecular flexibility index (Phi) is 5.95. The van der Waals surface area contributed by atoms with Crippen LogP contribution in [0, 0.1) is 0 Å². The first-order valence-electron chi connectivity index (χ1n) is 7.10. The molecule has 0 saturated carbocycles. The third-order valence-corrected chi connectivity index (χ3v) is 4.02. The van der Waals surface area contributed by atoms with Crippen LogP contribution in [0.15, 0.2) is 17.4 Å². The number of hydrogen-bond acceptors (Lipinski definition) is 3. The molecular weight excluding hydrogens is 407 g/mol. The molecule has 9 heteroatoms. The van der Waals surface area contributed by atoms with Gasteiger partial charge in [-0.15, -0.1) is 24.0 Å².